The van der Waals surface area contributed by atoms with Gasteiger partial charge in [-0.1, -0.05) is 72.8 Å². The molecule has 224 valence electrons. The molecule has 11 heteroatoms. The summed E-state index contributed by atoms with van der Waals surface area (Å²) in [7, 11) is -2.65. The number of amides is 2. The number of hydrogen-bond donors (Lipinski definition) is 1. The molecule has 2 amide bonds. The van der Waals surface area contributed by atoms with Gasteiger partial charge in [-0.3, -0.25) is 13.9 Å². The first-order valence-electron chi connectivity index (χ1n) is 13.8. The van der Waals surface area contributed by atoms with E-state index in [-0.39, 0.29) is 39.1 Å². The fourth-order valence-corrected chi connectivity index (χ4v) is 6.94. The third-order valence-corrected chi connectivity index (χ3v) is 9.60. The van der Waals surface area contributed by atoms with E-state index in [1.165, 1.54) is 35.2 Å². The molecule has 0 radical (unpaired) electrons. The van der Waals surface area contributed by atoms with Crippen molar-refractivity contribution in [2.45, 2.75) is 62.6 Å². The zero-order chi connectivity index (χ0) is 30.3. The number of carbonyl (C=O) groups is 2. The number of methoxy groups -OCH3 is 1. The number of anilines is 1. The van der Waals surface area contributed by atoms with Gasteiger partial charge >= 0.3 is 0 Å². The van der Waals surface area contributed by atoms with E-state index in [2.05, 4.69) is 5.32 Å². The van der Waals surface area contributed by atoms with Gasteiger partial charge < -0.3 is 15.0 Å². The Balaban J connectivity index is 1.69. The van der Waals surface area contributed by atoms with Crippen molar-refractivity contribution in [3.63, 3.8) is 0 Å². The van der Waals surface area contributed by atoms with Crippen molar-refractivity contribution in [2.24, 2.45) is 0 Å². The van der Waals surface area contributed by atoms with Crippen LogP contribution >= 0.6 is 23.2 Å². The summed E-state index contributed by atoms with van der Waals surface area (Å²) in [6.07, 6.45) is 5.01. The van der Waals surface area contributed by atoms with Crippen molar-refractivity contribution in [1.82, 2.24) is 10.2 Å². The van der Waals surface area contributed by atoms with Crippen molar-refractivity contribution in [2.75, 3.05) is 18.0 Å². The predicted octanol–water partition coefficient (Wildman–Crippen LogP) is 6.06. The summed E-state index contributed by atoms with van der Waals surface area (Å²) in [5, 5.41) is 3.53. The second-order valence-corrected chi connectivity index (χ2v) is 13.1. The van der Waals surface area contributed by atoms with Crippen LogP contribution in [0.25, 0.3) is 0 Å². The fourth-order valence-electron chi connectivity index (χ4n) is 5.01. The minimum Gasteiger partial charge on any atom is -0.497 e. The highest BCUT2D eigenvalue weighted by molar-refractivity contribution is 7.92. The van der Waals surface area contributed by atoms with Crippen molar-refractivity contribution in [3.05, 3.63) is 88.4 Å². The van der Waals surface area contributed by atoms with E-state index in [0.29, 0.717) is 5.75 Å². The van der Waals surface area contributed by atoms with Gasteiger partial charge in [-0.05, 0) is 67.8 Å². The van der Waals surface area contributed by atoms with E-state index in [4.69, 9.17) is 27.9 Å². The average Bonchev–Trinajstić information content (AvgIpc) is 2.98. The molecule has 0 bridgehead atoms. The van der Waals surface area contributed by atoms with Gasteiger partial charge in [0.15, 0.2) is 0 Å². The number of halogens is 2. The predicted molar refractivity (Wildman–Crippen MR) is 165 cm³/mol. The van der Waals surface area contributed by atoms with Crippen LogP contribution in [0.5, 0.6) is 5.75 Å². The minimum atomic E-state index is -4.22. The first-order chi connectivity index (χ1) is 20.1. The van der Waals surface area contributed by atoms with E-state index in [1.807, 2.05) is 0 Å². The third kappa shape index (κ3) is 7.96. The zero-order valence-corrected chi connectivity index (χ0v) is 26.0. The van der Waals surface area contributed by atoms with Crippen LogP contribution in [-0.2, 0) is 26.2 Å². The number of nitrogens with one attached hydrogen (secondary N) is 1. The second kappa shape index (κ2) is 14.3. The number of sulfonamides is 1. The van der Waals surface area contributed by atoms with Crippen LogP contribution in [0, 0.1) is 0 Å². The van der Waals surface area contributed by atoms with Crippen LogP contribution in [0.1, 0.15) is 44.6 Å². The quantitative estimate of drug-likeness (QED) is 0.277. The summed E-state index contributed by atoms with van der Waals surface area (Å²) in [6.45, 7) is 1.16. The van der Waals surface area contributed by atoms with Crippen LogP contribution < -0.4 is 14.4 Å². The molecule has 0 spiro atoms. The molecule has 1 fully saturated rings. The summed E-state index contributed by atoms with van der Waals surface area (Å²) < 4.78 is 34.0. The van der Waals surface area contributed by atoms with Crippen LogP contribution in [-0.4, -0.2) is 50.9 Å². The molecule has 0 aromatic heterocycles. The normalized spacial score (nSPS) is 14.6. The van der Waals surface area contributed by atoms with Crippen molar-refractivity contribution in [1.29, 1.82) is 0 Å². The molecule has 3 aromatic rings. The summed E-state index contributed by atoms with van der Waals surface area (Å²) >= 11 is 12.5. The molecule has 1 saturated carbocycles. The molecular weight excluding hydrogens is 597 g/mol. The smallest absolute Gasteiger partial charge is 0.264 e. The number of rotatable bonds is 11. The molecule has 42 heavy (non-hydrogen) atoms. The summed E-state index contributed by atoms with van der Waals surface area (Å²) in [5.74, 6) is -0.197. The highest BCUT2D eigenvalue weighted by Gasteiger charge is 2.33. The van der Waals surface area contributed by atoms with Gasteiger partial charge in [0.25, 0.3) is 10.0 Å². The maximum atomic E-state index is 14.1. The molecule has 1 aliphatic rings. The maximum Gasteiger partial charge on any atom is 0.264 e. The molecule has 8 nitrogen and oxygen atoms in total. The molecular formula is C31H35Cl2N3O5S. The number of nitrogens with zero attached hydrogens (tertiary/aromatic N) is 2. The van der Waals surface area contributed by atoms with Crippen LogP contribution in [0.2, 0.25) is 10.0 Å². The Morgan fingerprint density at radius 3 is 2.17 bits per heavy atom. The van der Waals surface area contributed by atoms with Crippen molar-refractivity contribution in [3.8, 4) is 5.75 Å². The summed E-state index contributed by atoms with van der Waals surface area (Å²) in [4.78, 5) is 28.9. The van der Waals surface area contributed by atoms with E-state index in [0.717, 1.165) is 42.0 Å². The van der Waals surface area contributed by atoms with E-state index >= 15 is 0 Å². The van der Waals surface area contributed by atoms with Gasteiger partial charge in [0, 0.05) is 22.6 Å². The van der Waals surface area contributed by atoms with Crippen LogP contribution in [0.4, 0.5) is 5.69 Å². The highest BCUT2D eigenvalue weighted by atomic mass is 35.5. The minimum absolute atomic E-state index is 0.00121. The number of carbonyl (C=O) groups excluding carboxylic acids is 2. The standard InChI is InChI=1S/C31H35Cl2N3O5S/c1-22(31(38)34-26-9-5-3-6-10-26)35(20-23-13-15-28(41-2)16-14-23)30(37)21-36(27-18-24(32)17-25(33)19-27)42(39,40)29-11-7-4-8-12-29/h4,7-8,11-19,22,26H,3,5-6,9-10,20-21H2,1-2H3,(H,34,38)/t22-/m0/s1. The number of hydrogen-bond acceptors (Lipinski definition) is 5. The Bertz CT molecular complexity index is 1460. The zero-order valence-electron chi connectivity index (χ0n) is 23.6. The first kappa shape index (κ1) is 31.7. The van der Waals surface area contributed by atoms with E-state index in [1.54, 1.807) is 56.5 Å². The molecule has 1 aliphatic carbocycles. The lowest BCUT2D eigenvalue weighted by molar-refractivity contribution is -0.139. The van der Waals surface area contributed by atoms with Crippen molar-refractivity contribution < 1.29 is 22.7 Å². The summed E-state index contributed by atoms with van der Waals surface area (Å²) in [5.41, 5.74) is 0.887. The first-order valence-corrected chi connectivity index (χ1v) is 16.0. The Labute approximate surface area is 257 Å². The number of ether oxygens (including phenoxy) is 1. The fraction of sp³-hybridized carbons (Fsp3) is 0.355. The van der Waals surface area contributed by atoms with Gasteiger partial charge in [0.05, 0.1) is 17.7 Å². The summed E-state index contributed by atoms with van der Waals surface area (Å²) in [6, 6.07) is 18.5. The van der Waals surface area contributed by atoms with Crippen molar-refractivity contribution >= 4 is 50.7 Å². The van der Waals surface area contributed by atoms with Gasteiger partial charge in [0.1, 0.15) is 18.3 Å². The topological polar surface area (TPSA) is 96.0 Å². The molecule has 0 aliphatic heterocycles. The maximum absolute atomic E-state index is 14.1. The Morgan fingerprint density at radius 1 is 0.952 bits per heavy atom. The Hall–Kier alpha value is -3.27. The lowest BCUT2D eigenvalue weighted by Crippen LogP contribution is -2.53. The lowest BCUT2D eigenvalue weighted by atomic mass is 9.95. The Morgan fingerprint density at radius 2 is 1.57 bits per heavy atom. The van der Waals surface area contributed by atoms with Gasteiger partial charge in [0.2, 0.25) is 11.8 Å². The van der Waals surface area contributed by atoms with Gasteiger partial charge in [-0.15, -0.1) is 0 Å². The van der Waals surface area contributed by atoms with E-state index < -0.39 is 28.5 Å². The highest BCUT2D eigenvalue weighted by Crippen LogP contribution is 2.30. The average molecular weight is 633 g/mol. The molecule has 4 rings (SSSR count). The second-order valence-electron chi connectivity index (χ2n) is 10.3. The Kier molecular flexibility index (Phi) is 10.8. The van der Waals surface area contributed by atoms with Crippen LogP contribution in [0.3, 0.4) is 0 Å². The van der Waals surface area contributed by atoms with E-state index in [9.17, 15) is 18.0 Å². The SMILES string of the molecule is COc1ccc(CN(C(=O)CN(c2cc(Cl)cc(Cl)c2)S(=O)(=O)c2ccccc2)[C@@H](C)C(=O)NC2CCCCC2)cc1. The van der Waals surface area contributed by atoms with Gasteiger partial charge in [-0.25, -0.2) is 8.42 Å². The third-order valence-electron chi connectivity index (χ3n) is 7.38. The molecule has 1 atom stereocenters. The monoisotopic (exact) mass is 631 g/mol. The number of benzene rings is 3. The lowest BCUT2D eigenvalue weighted by Gasteiger charge is -2.33. The van der Waals surface area contributed by atoms with Crippen LogP contribution in [0.15, 0.2) is 77.7 Å². The molecule has 0 heterocycles. The van der Waals surface area contributed by atoms with Gasteiger partial charge in [-0.2, -0.15) is 0 Å². The molecule has 0 unspecified atom stereocenters. The molecule has 1 N–H and O–H groups in total. The largest absolute Gasteiger partial charge is 0.497 e. The molecule has 3 aromatic carbocycles. The molecule has 0 saturated heterocycles.